The van der Waals surface area contributed by atoms with E-state index in [0.29, 0.717) is 0 Å². The number of primary sulfonamides is 1. The predicted octanol–water partition coefficient (Wildman–Crippen LogP) is 2.33. The molecule has 0 unspecified atom stereocenters. The fraction of sp³-hybridized carbons (Fsp3) is 0.0588. The zero-order valence-electron chi connectivity index (χ0n) is 12.7. The summed E-state index contributed by atoms with van der Waals surface area (Å²) in [6.07, 6.45) is 3.20. The number of pyridine rings is 2. The van der Waals surface area contributed by atoms with Crippen molar-refractivity contribution in [3.63, 3.8) is 0 Å². The number of sulfonamides is 1. The van der Waals surface area contributed by atoms with Gasteiger partial charge in [0.1, 0.15) is 10.7 Å². The molecule has 122 valence electrons. The molecule has 1 aromatic carbocycles. The van der Waals surface area contributed by atoms with E-state index in [1.807, 2.05) is 48.5 Å². The Hall–Kier alpha value is -2.77. The summed E-state index contributed by atoms with van der Waals surface area (Å²) in [6, 6.07) is 17.8. The van der Waals surface area contributed by atoms with Crippen LogP contribution in [0, 0.1) is 0 Å². The summed E-state index contributed by atoms with van der Waals surface area (Å²) in [5.41, 5.74) is 1.68. The highest BCUT2D eigenvalue weighted by Gasteiger charge is 2.20. The second-order valence-corrected chi connectivity index (χ2v) is 6.67. The standard InChI is InChI=1S/C17H16N4O2S/c18-24(22,23)15-10-6-12-20-17(15)21-16(13-7-2-1-3-8-13)14-9-4-5-11-19-14/h1-12,16H,(H,20,21)(H2,18,22,23)/t16-/m1/s1. The molecule has 24 heavy (non-hydrogen) atoms. The van der Waals surface area contributed by atoms with Gasteiger partial charge in [-0.25, -0.2) is 18.5 Å². The Kier molecular flexibility index (Phi) is 4.54. The molecular weight excluding hydrogens is 324 g/mol. The second-order valence-electron chi connectivity index (χ2n) is 5.14. The van der Waals surface area contributed by atoms with Crippen LogP contribution < -0.4 is 10.5 Å². The summed E-state index contributed by atoms with van der Waals surface area (Å²) in [7, 11) is -3.89. The molecule has 2 aromatic heterocycles. The average molecular weight is 340 g/mol. The molecule has 0 saturated heterocycles. The van der Waals surface area contributed by atoms with Gasteiger partial charge in [-0.1, -0.05) is 36.4 Å². The number of hydrogen-bond donors (Lipinski definition) is 2. The molecule has 0 aliphatic rings. The fourth-order valence-electron chi connectivity index (χ4n) is 2.39. The van der Waals surface area contributed by atoms with E-state index in [0.717, 1.165) is 11.3 Å². The first-order valence-electron chi connectivity index (χ1n) is 7.26. The van der Waals surface area contributed by atoms with E-state index in [1.54, 1.807) is 6.20 Å². The van der Waals surface area contributed by atoms with Crippen molar-refractivity contribution in [3.05, 3.63) is 84.3 Å². The molecule has 0 aliphatic heterocycles. The lowest BCUT2D eigenvalue weighted by molar-refractivity contribution is 0.597. The van der Waals surface area contributed by atoms with Crippen molar-refractivity contribution >= 4 is 15.8 Å². The molecule has 2 heterocycles. The van der Waals surface area contributed by atoms with Gasteiger partial charge in [-0.2, -0.15) is 0 Å². The van der Waals surface area contributed by atoms with Crippen LogP contribution in [0.15, 0.2) is 78.0 Å². The van der Waals surface area contributed by atoms with Crippen molar-refractivity contribution in [2.45, 2.75) is 10.9 Å². The minimum Gasteiger partial charge on any atom is -0.356 e. The minimum absolute atomic E-state index is 0.0538. The van der Waals surface area contributed by atoms with Crippen molar-refractivity contribution in [1.29, 1.82) is 0 Å². The van der Waals surface area contributed by atoms with Crippen LogP contribution in [0.2, 0.25) is 0 Å². The van der Waals surface area contributed by atoms with Crippen LogP contribution in [0.1, 0.15) is 17.3 Å². The van der Waals surface area contributed by atoms with E-state index in [1.165, 1.54) is 18.3 Å². The Bertz CT molecular complexity index is 876. The van der Waals surface area contributed by atoms with Gasteiger partial charge in [-0.3, -0.25) is 4.98 Å². The third-order valence-corrected chi connectivity index (χ3v) is 4.42. The maximum Gasteiger partial charge on any atom is 0.241 e. The smallest absolute Gasteiger partial charge is 0.241 e. The summed E-state index contributed by atoms with van der Waals surface area (Å²) >= 11 is 0. The van der Waals surface area contributed by atoms with Gasteiger partial charge in [0, 0.05) is 12.4 Å². The first-order chi connectivity index (χ1) is 11.6. The SMILES string of the molecule is NS(=O)(=O)c1cccnc1N[C@H](c1ccccc1)c1ccccn1. The maximum atomic E-state index is 11.8. The first kappa shape index (κ1) is 16.1. The molecule has 6 nitrogen and oxygen atoms in total. The monoisotopic (exact) mass is 340 g/mol. The number of anilines is 1. The van der Waals surface area contributed by atoms with E-state index >= 15 is 0 Å². The van der Waals surface area contributed by atoms with Gasteiger partial charge in [-0.05, 0) is 29.8 Å². The lowest BCUT2D eigenvalue weighted by atomic mass is 10.0. The highest BCUT2D eigenvalue weighted by atomic mass is 32.2. The number of nitrogens with two attached hydrogens (primary N) is 1. The molecule has 3 aromatic rings. The Balaban J connectivity index is 2.07. The van der Waals surface area contributed by atoms with E-state index in [4.69, 9.17) is 5.14 Å². The Morgan fingerprint density at radius 2 is 1.58 bits per heavy atom. The molecule has 0 spiro atoms. The second kappa shape index (κ2) is 6.77. The number of rotatable bonds is 5. The molecule has 3 N–H and O–H groups in total. The van der Waals surface area contributed by atoms with Crippen molar-refractivity contribution < 1.29 is 8.42 Å². The van der Waals surface area contributed by atoms with E-state index in [9.17, 15) is 8.42 Å². The highest BCUT2D eigenvalue weighted by molar-refractivity contribution is 7.89. The Labute approximate surface area is 140 Å². The normalized spacial score (nSPS) is 12.5. The molecule has 7 heteroatoms. The number of nitrogens with zero attached hydrogens (tertiary/aromatic N) is 2. The lowest BCUT2D eigenvalue weighted by Crippen LogP contribution is -2.19. The molecule has 0 saturated carbocycles. The predicted molar refractivity (Wildman–Crippen MR) is 91.8 cm³/mol. The summed E-state index contributed by atoms with van der Waals surface area (Å²) in [5, 5.41) is 8.44. The molecular formula is C17H16N4O2S. The summed E-state index contributed by atoms with van der Waals surface area (Å²) in [5.74, 6) is 0.194. The molecule has 1 atom stereocenters. The third-order valence-electron chi connectivity index (χ3n) is 3.47. The zero-order chi connectivity index (χ0) is 17.0. The average Bonchev–Trinajstić information content (AvgIpc) is 2.61. The third kappa shape index (κ3) is 3.58. The van der Waals surface area contributed by atoms with E-state index in [2.05, 4.69) is 15.3 Å². The number of hydrogen-bond acceptors (Lipinski definition) is 5. The van der Waals surface area contributed by atoms with Gasteiger partial charge >= 0.3 is 0 Å². The van der Waals surface area contributed by atoms with Crippen LogP contribution in [0.25, 0.3) is 0 Å². The van der Waals surface area contributed by atoms with Gasteiger partial charge in [0.2, 0.25) is 10.0 Å². The Morgan fingerprint density at radius 1 is 0.875 bits per heavy atom. The Morgan fingerprint density at radius 3 is 2.25 bits per heavy atom. The van der Waals surface area contributed by atoms with Crippen molar-refractivity contribution in [3.8, 4) is 0 Å². The summed E-state index contributed by atoms with van der Waals surface area (Å²) in [4.78, 5) is 8.46. The van der Waals surface area contributed by atoms with Crippen molar-refractivity contribution in [1.82, 2.24) is 9.97 Å². The molecule has 0 aliphatic carbocycles. The molecule has 0 amide bonds. The van der Waals surface area contributed by atoms with Crippen LogP contribution in [0.3, 0.4) is 0 Å². The van der Waals surface area contributed by atoms with E-state index in [-0.39, 0.29) is 16.8 Å². The van der Waals surface area contributed by atoms with Gasteiger partial charge in [0.15, 0.2) is 0 Å². The molecule has 3 rings (SSSR count). The van der Waals surface area contributed by atoms with Crippen LogP contribution >= 0.6 is 0 Å². The maximum absolute atomic E-state index is 11.8. The summed E-state index contributed by atoms with van der Waals surface area (Å²) in [6.45, 7) is 0. The molecule has 0 fully saturated rings. The minimum atomic E-state index is -3.89. The van der Waals surface area contributed by atoms with Gasteiger partial charge in [-0.15, -0.1) is 0 Å². The van der Waals surface area contributed by atoms with Gasteiger partial charge < -0.3 is 5.32 Å². The summed E-state index contributed by atoms with van der Waals surface area (Å²) < 4.78 is 23.6. The highest BCUT2D eigenvalue weighted by Crippen LogP contribution is 2.27. The van der Waals surface area contributed by atoms with Crippen LogP contribution in [-0.4, -0.2) is 18.4 Å². The van der Waals surface area contributed by atoms with Crippen molar-refractivity contribution in [2.24, 2.45) is 5.14 Å². The van der Waals surface area contributed by atoms with E-state index < -0.39 is 10.0 Å². The van der Waals surface area contributed by atoms with Gasteiger partial charge in [0.25, 0.3) is 0 Å². The number of aromatic nitrogens is 2. The fourth-order valence-corrected chi connectivity index (χ4v) is 3.03. The van der Waals surface area contributed by atoms with Crippen LogP contribution in [0.5, 0.6) is 0 Å². The molecule has 0 radical (unpaired) electrons. The zero-order valence-corrected chi connectivity index (χ0v) is 13.5. The van der Waals surface area contributed by atoms with Crippen LogP contribution in [0.4, 0.5) is 5.82 Å². The van der Waals surface area contributed by atoms with Crippen LogP contribution in [-0.2, 0) is 10.0 Å². The molecule has 0 bridgehead atoms. The van der Waals surface area contributed by atoms with Gasteiger partial charge in [0.05, 0.1) is 11.7 Å². The van der Waals surface area contributed by atoms with Crippen molar-refractivity contribution in [2.75, 3.05) is 5.32 Å². The first-order valence-corrected chi connectivity index (χ1v) is 8.80. The lowest BCUT2D eigenvalue weighted by Gasteiger charge is -2.20. The number of benzene rings is 1. The largest absolute Gasteiger partial charge is 0.356 e. The topological polar surface area (TPSA) is 98.0 Å². The quantitative estimate of drug-likeness (QED) is 0.743. The number of nitrogens with one attached hydrogen (secondary N) is 1.